The summed E-state index contributed by atoms with van der Waals surface area (Å²) in [7, 11) is 9.08. The number of halogens is 1. The Morgan fingerprint density at radius 2 is 1.12 bits per heavy atom. The van der Waals surface area contributed by atoms with Crippen LogP contribution in [0.5, 0.6) is 0 Å². The van der Waals surface area contributed by atoms with Crippen LogP contribution in [0.15, 0.2) is 0 Å². The number of hydrogen-bond donors (Lipinski definition) is 0. The summed E-state index contributed by atoms with van der Waals surface area (Å²) < 4.78 is 4.31. The van der Waals surface area contributed by atoms with Crippen LogP contribution in [-0.2, 0) is 0 Å². The van der Waals surface area contributed by atoms with Gasteiger partial charge in [0.2, 0.25) is 0 Å². The van der Waals surface area contributed by atoms with Gasteiger partial charge in [0.25, 0.3) is 0 Å². The summed E-state index contributed by atoms with van der Waals surface area (Å²) in [5, 5.41) is 0. The van der Waals surface area contributed by atoms with E-state index in [1.807, 2.05) is 0 Å². The minimum atomic E-state index is 0. The van der Waals surface area contributed by atoms with E-state index >= 15 is 0 Å². The lowest BCUT2D eigenvalue weighted by atomic mass is 11.3. The summed E-state index contributed by atoms with van der Waals surface area (Å²) in [4.78, 5) is 0. The smallest absolute Gasteiger partial charge is 0.0229 e. The summed E-state index contributed by atoms with van der Waals surface area (Å²) >= 11 is 0. The Balaban J connectivity index is 0. The van der Waals surface area contributed by atoms with Crippen LogP contribution >= 0.6 is 21.3 Å². The maximum Gasteiger partial charge on any atom is 0.0229 e. The maximum atomic E-state index is 2.15. The molecule has 0 aromatic carbocycles. The molecule has 0 spiro atoms. The molecule has 0 heterocycles. The zero-order valence-corrected chi connectivity index (χ0v) is 7.62. The second-order valence-corrected chi connectivity index (χ2v) is 3.88. The molecule has 0 bridgehead atoms. The third-order valence-corrected chi connectivity index (χ3v) is 1.20. The molecule has 8 heavy (non-hydrogen) atoms. The first-order valence-corrected chi connectivity index (χ1v) is 3.13. The number of nitrogens with zero attached hydrogens (tertiary/aromatic N) is 2. The van der Waals surface area contributed by atoms with Crippen molar-refractivity contribution in [2.45, 2.75) is 0 Å². The molecule has 0 N–H and O–H groups in total. The molecule has 0 aromatic heterocycles. The largest absolute Gasteiger partial charge is 0.279 e. The molecule has 0 aliphatic heterocycles. The maximum absolute atomic E-state index is 2.15. The quantitative estimate of drug-likeness (QED) is 0.552. The lowest BCUT2D eigenvalue weighted by Gasteiger charge is -2.14. The van der Waals surface area contributed by atoms with E-state index in [1.54, 1.807) is 0 Å². The van der Waals surface area contributed by atoms with Gasteiger partial charge in [0.05, 0.1) is 0 Å². The second kappa shape index (κ2) is 5.77. The molecule has 0 atom stereocenters. The Morgan fingerprint density at radius 1 is 0.875 bits per heavy atom. The van der Waals surface area contributed by atoms with Gasteiger partial charge in [-0.05, 0) is 28.2 Å². The first kappa shape index (κ1) is 11.4. The van der Waals surface area contributed by atoms with Gasteiger partial charge in [-0.2, -0.15) is 0 Å². The molecule has 4 heteroatoms. The van der Waals surface area contributed by atoms with Crippen molar-refractivity contribution in [3.63, 3.8) is 0 Å². The van der Waals surface area contributed by atoms with Crippen LogP contribution in [0.2, 0.25) is 0 Å². The Hall–Kier alpha value is 0.640. The molecule has 2 nitrogen and oxygen atoms in total. The highest BCUT2D eigenvalue weighted by Crippen LogP contribution is 2.13. The van der Waals surface area contributed by atoms with E-state index in [-0.39, 0.29) is 12.4 Å². The second-order valence-electron chi connectivity index (χ2n) is 1.89. The molecule has 0 aliphatic rings. The van der Waals surface area contributed by atoms with E-state index in [0.29, 0.717) is 0 Å². The van der Waals surface area contributed by atoms with Gasteiger partial charge in [-0.3, -0.25) is 9.34 Å². The van der Waals surface area contributed by atoms with Crippen molar-refractivity contribution in [2.24, 2.45) is 0 Å². The zero-order valence-electron chi connectivity index (χ0n) is 5.80. The summed E-state index contributed by atoms with van der Waals surface area (Å²) in [6.45, 7) is 0. The van der Waals surface area contributed by atoms with Crippen molar-refractivity contribution in [2.75, 3.05) is 28.2 Å². The van der Waals surface area contributed by atoms with Crippen molar-refractivity contribution in [1.29, 1.82) is 0 Å². The molecule has 0 radical (unpaired) electrons. The molecule has 0 aliphatic carbocycles. The van der Waals surface area contributed by atoms with Crippen LogP contribution in [0.1, 0.15) is 0 Å². The third-order valence-electron chi connectivity index (χ3n) is 0.400. The van der Waals surface area contributed by atoms with Crippen LogP contribution in [0, 0.1) is 0 Å². The molecule has 52 valence electrons. The van der Waals surface area contributed by atoms with Gasteiger partial charge in [-0.1, -0.05) is 0 Å². The van der Waals surface area contributed by atoms with E-state index < -0.39 is 0 Å². The predicted octanol–water partition coefficient (Wildman–Crippen LogP) is 1.04. The van der Waals surface area contributed by atoms with E-state index in [9.17, 15) is 0 Å². The number of rotatable bonds is 2. The van der Waals surface area contributed by atoms with Crippen molar-refractivity contribution >= 4 is 21.3 Å². The highest BCUT2D eigenvalue weighted by atomic mass is 35.5. The SMILES string of the molecule is CN(C)PN(C)C.Cl. The molecule has 0 amide bonds. The molecule has 0 saturated heterocycles. The van der Waals surface area contributed by atoms with Crippen molar-refractivity contribution in [3.05, 3.63) is 0 Å². The van der Waals surface area contributed by atoms with E-state index in [0.717, 1.165) is 8.88 Å². The van der Waals surface area contributed by atoms with Crippen LogP contribution in [0.4, 0.5) is 0 Å². The lowest BCUT2D eigenvalue weighted by Crippen LogP contribution is -2.07. The van der Waals surface area contributed by atoms with Crippen LogP contribution in [0.25, 0.3) is 0 Å². The minimum Gasteiger partial charge on any atom is -0.279 e. The first-order valence-electron chi connectivity index (χ1n) is 2.24. The van der Waals surface area contributed by atoms with Gasteiger partial charge in [0, 0.05) is 8.88 Å². The van der Waals surface area contributed by atoms with E-state index in [4.69, 9.17) is 0 Å². The van der Waals surface area contributed by atoms with E-state index in [2.05, 4.69) is 37.5 Å². The first-order chi connectivity index (χ1) is 3.13. The summed E-state index contributed by atoms with van der Waals surface area (Å²) in [6, 6.07) is 0. The van der Waals surface area contributed by atoms with Gasteiger partial charge in [0.15, 0.2) is 0 Å². The third kappa shape index (κ3) is 9.81. The average Bonchev–Trinajstić information content (AvgIpc) is 1.27. The Morgan fingerprint density at radius 3 is 1.12 bits per heavy atom. The molecule has 0 aromatic rings. The fraction of sp³-hybridized carbons (Fsp3) is 1.00. The van der Waals surface area contributed by atoms with E-state index in [1.165, 1.54) is 0 Å². The molecule has 0 rings (SSSR count). The summed E-state index contributed by atoms with van der Waals surface area (Å²) in [5.41, 5.74) is 0. The lowest BCUT2D eigenvalue weighted by molar-refractivity contribution is 0.596. The van der Waals surface area contributed by atoms with Gasteiger partial charge in [-0.15, -0.1) is 12.4 Å². The van der Waals surface area contributed by atoms with Crippen LogP contribution < -0.4 is 0 Å². The van der Waals surface area contributed by atoms with Gasteiger partial charge in [0.1, 0.15) is 0 Å². The fourth-order valence-corrected chi connectivity index (χ4v) is 1.20. The van der Waals surface area contributed by atoms with Crippen molar-refractivity contribution < 1.29 is 0 Å². The number of hydrogen-bond acceptors (Lipinski definition) is 2. The average molecular weight is 157 g/mol. The zero-order chi connectivity index (χ0) is 5.86. The standard InChI is InChI=1S/C4H13N2P.ClH/c1-5(2)7-6(3)4;/h7H,1-4H3;1H. The Bertz CT molecular complexity index is 43.3. The van der Waals surface area contributed by atoms with Gasteiger partial charge in [-0.25, -0.2) is 0 Å². The highest BCUT2D eigenvalue weighted by Gasteiger charge is 1.87. The normalized spacial score (nSPS) is 9.75. The fourth-order valence-electron chi connectivity index (χ4n) is 0.400. The van der Waals surface area contributed by atoms with Gasteiger partial charge < -0.3 is 0 Å². The van der Waals surface area contributed by atoms with Crippen LogP contribution in [-0.4, -0.2) is 37.5 Å². The Kier molecular flexibility index (Phi) is 8.25. The topological polar surface area (TPSA) is 6.48 Å². The molecule has 0 unspecified atom stereocenters. The monoisotopic (exact) mass is 156 g/mol. The molecular formula is C4H14ClN2P. The molecular weight excluding hydrogens is 142 g/mol. The summed E-state index contributed by atoms with van der Waals surface area (Å²) in [6.07, 6.45) is 0. The van der Waals surface area contributed by atoms with Crippen molar-refractivity contribution in [1.82, 2.24) is 9.34 Å². The molecule has 0 fully saturated rings. The summed E-state index contributed by atoms with van der Waals surface area (Å²) in [5.74, 6) is 0. The predicted molar refractivity (Wildman–Crippen MR) is 42.9 cm³/mol. The molecule has 0 saturated carbocycles. The van der Waals surface area contributed by atoms with Gasteiger partial charge >= 0.3 is 0 Å². The van der Waals surface area contributed by atoms with Crippen molar-refractivity contribution in [3.8, 4) is 0 Å². The van der Waals surface area contributed by atoms with Crippen LogP contribution in [0.3, 0.4) is 0 Å². The Labute approximate surface area is 59.5 Å². The minimum absolute atomic E-state index is 0. The highest BCUT2D eigenvalue weighted by molar-refractivity contribution is 7.32.